The van der Waals surface area contributed by atoms with Crippen LogP contribution in [-0.2, 0) is 11.3 Å². The third-order valence-electron chi connectivity index (χ3n) is 3.89. The summed E-state index contributed by atoms with van der Waals surface area (Å²) >= 11 is 12.1. The smallest absolute Gasteiger partial charge is 0.251 e. The van der Waals surface area contributed by atoms with Crippen LogP contribution in [-0.4, -0.2) is 5.91 Å². The van der Waals surface area contributed by atoms with E-state index in [2.05, 4.69) is 0 Å². The van der Waals surface area contributed by atoms with E-state index in [1.165, 1.54) is 6.08 Å². The molecule has 0 fully saturated rings. The van der Waals surface area contributed by atoms with Crippen LogP contribution >= 0.6 is 23.2 Å². The monoisotopic (exact) mass is 381 g/mol. The number of carbonyl (C=O) groups excluding carboxylic acids is 1. The molecule has 4 heteroatoms. The van der Waals surface area contributed by atoms with Crippen molar-refractivity contribution in [3.8, 4) is 0 Å². The normalized spacial score (nSPS) is 10.8. The van der Waals surface area contributed by atoms with Crippen LogP contribution in [0.25, 0.3) is 6.08 Å². The first-order chi connectivity index (χ1) is 12.6. The van der Waals surface area contributed by atoms with Crippen LogP contribution in [0.1, 0.15) is 11.1 Å². The first-order valence-electron chi connectivity index (χ1n) is 8.17. The molecule has 1 amide bonds. The maximum absolute atomic E-state index is 12.9. The maximum atomic E-state index is 12.9. The predicted octanol–water partition coefficient (Wildman–Crippen LogP) is 6.24. The minimum atomic E-state index is -0.119. The van der Waals surface area contributed by atoms with Crippen LogP contribution < -0.4 is 4.90 Å². The zero-order valence-corrected chi connectivity index (χ0v) is 15.5. The highest BCUT2D eigenvalue weighted by atomic mass is 35.5. The summed E-state index contributed by atoms with van der Waals surface area (Å²) in [5, 5.41) is 1.07. The van der Waals surface area contributed by atoms with Gasteiger partial charge in [0.2, 0.25) is 0 Å². The number of amides is 1. The molecule has 2 nitrogen and oxygen atoms in total. The number of halogens is 2. The lowest BCUT2D eigenvalue weighted by molar-refractivity contribution is -0.114. The summed E-state index contributed by atoms with van der Waals surface area (Å²) in [6.45, 7) is 0.488. The van der Waals surface area contributed by atoms with Crippen molar-refractivity contribution in [3.05, 3.63) is 106 Å². The quantitative estimate of drug-likeness (QED) is 0.479. The number of carbonyl (C=O) groups is 1. The second kappa shape index (κ2) is 8.70. The Balaban J connectivity index is 1.86. The first-order valence-corrected chi connectivity index (χ1v) is 8.93. The highest BCUT2D eigenvalue weighted by Crippen LogP contribution is 2.23. The Kier molecular flexibility index (Phi) is 6.11. The van der Waals surface area contributed by atoms with E-state index in [9.17, 15) is 4.79 Å². The van der Waals surface area contributed by atoms with Crippen LogP contribution in [0.4, 0.5) is 5.69 Å². The molecule has 3 rings (SSSR count). The number of para-hydroxylation sites is 1. The van der Waals surface area contributed by atoms with Gasteiger partial charge in [-0.3, -0.25) is 4.79 Å². The highest BCUT2D eigenvalue weighted by molar-refractivity contribution is 6.35. The van der Waals surface area contributed by atoms with Gasteiger partial charge in [0.15, 0.2) is 0 Å². The van der Waals surface area contributed by atoms with Crippen molar-refractivity contribution in [3.63, 3.8) is 0 Å². The van der Waals surface area contributed by atoms with E-state index >= 15 is 0 Å². The molecule has 0 saturated heterocycles. The van der Waals surface area contributed by atoms with Crippen molar-refractivity contribution < 1.29 is 4.79 Å². The van der Waals surface area contributed by atoms with Gasteiger partial charge in [-0.15, -0.1) is 0 Å². The zero-order valence-electron chi connectivity index (χ0n) is 14.0. The van der Waals surface area contributed by atoms with Crippen molar-refractivity contribution in [1.29, 1.82) is 0 Å². The topological polar surface area (TPSA) is 20.3 Å². The summed E-state index contributed by atoms with van der Waals surface area (Å²) in [5.74, 6) is -0.119. The molecular formula is C22H17Cl2NO. The fraction of sp³-hybridized carbons (Fsp3) is 0.0455. The fourth-order valence-electron chi connectivity index (χ4n) is 2.56. The van der Waals surface area contributed by atoms with Gasteiger partial charge in [-0.25, -0.2) is 0 Å². The van der Waals surface area contributed by atoms with E-state index in [0.717, 1.165) is 16.8 Å². The van der Waals surface area contributed by atoms with E-state index < -0.39 is 0 Å². The Hall–Kier alpha value is -2.55. The molecule has 0 heterocycles. The lowest BCUT2D eigenvalue weighted by atomic mass is 10.1. The molecular weight excluding hydrogens is 365 g/mol. The highest BCUT2D eigenvalue weighted by Gasteiger charge is 2.13. The van der Waals surface area contributed by atoms with Gasteiger partial charge in [-0.1, -0.05) is 77.8 Å². The number of benzene rings is 3. The molecule has 0 saturated carbocycles. The molecule has 0 atom stereocenters. The second-order valence-corrected chi connectivity index (χ2v) is 6.59. The van der Waals surface area contributed by atoms with Gasteiger partial charge >= 0.3 is 0 Å². The van der Waals surface area contributed by atoms with E-state index in [1.54, 1.807) is 29.2 Å². The average molecular weight is 382 g/mol. The summed E-state index contributed by atoms with van der Waals surface area (Å²) in [6.07, 6.45) is 3.24. The van der Waals surface area contributed by atoms with Gasteiger partial charge in [0.25, 0.3) is 5.91 Å². The molecule has 0 aliphatic carbocycles. The largest absolute Gasteiger partial charge is 0.304 e. The molecule has 0 aromatic heterocycles. The summed E-state index contributed by atoms with van der Waals surface area (Å²) in [7, 11) is 0. The standard InChI is InChI=1S/C22H17Cl2NO/c23-19-13-11-18(21(24)15-19)12-14-22(26)25(20-9-5-2-6-10-20)16-17-7-3-1-4-8-17/h1-15H,16H2/b14-12+. The zero-order chi connectivity index (χ0) is 18.4. The van der Waals surface area contributed by atoms with Gasteiger partial charge < -0.3 is 4.90 Å². The summed E-state index contributed by atoms with van der Waals surface area (Å²) in [6, 6.07) is 24.7. The van der Waals surface area contributed by atoms with Crippen LogP contribution in [0.5, 0.6) is 0 Å². The number of hydrogen-bond donors (Lipinski definition) is 0. The van der Waals surface area contributed by atoms with Crippen LogP contribution in [0.2, 0.25) is 10.0 Å². The van der Waals surface area contributed by atoms with E-state index in [0.29, 0.717) is 16.6 Å². The van der Waals surface area contributed by atoms with E-state index in [4.69, 9.17) is 23.2 Å². The van der Waals surface area contributed by atoms with Crippen molar-refractivity contribution in [2.45, 2.75) is 6.54 Å². The fourth-order valence-corrected chi connectivity index (χ4v) is 3.03. The molecule has 0 N–H and O–H groups in total. The summed E-state index contributed by atoms with van der Waals surface area (Å²) < 4.78 is 0. The Labute approximate surface area is 163 Å². The van der Waals surface area contributed by atoms with Gasteiger partial charge in [-0.2, -0.15) is 0 Å². The number of rotatable bonds is 5. The van der Waals surface area contributed by atoms with E-state index in [-0.39, 0.29) is 5.91 Å². The van der Waals surface area contributed by atoms with Crippen molar-refractivity contribution in [2.75, 3.05) is 4.90 Å². The predicted molar refractivity (Wildman–Crippen MR) is 110 cm³/mol. The molecule has 26 heavy (non-hydrogen) atoms. The minimum Gasteiger partial charge on any atom is -0.304 e. The third-order valence-corrected chi connectivity index (χ3v) is 4.45. The van der Waals surface area contributed by atoms with Gasteiger partial charge in [-0.05, 0) is 41.5 Å². The lowest BCUT2D eigenvalue weighted by Gasteiger charge is -2.21. The lowest BCUT2D eigenvalue weighted by Crippen LogP contribution is -2.28. The van der Waals surface area contributed by atoms with Crippen molar-refractivity contribution in [1.82, 2.24) is 0 Å². The van der Waals surface area contributed by atoms with Crippen LogP contribution in [0.15, 0.2) is 84.9 Å². The molecule has 0 unspecified atom stereocenters. The SMILES string of the molecule is O=C(/C=C/c1ccc(Cl)cc1Cl)N(Cc1ccccc1)c1ccccc1. The molecule has 0 aliphatic rings. The van der Waals surface area contributed by atoms with Crippen LogP contribution in [0.3, 0.4) is 0 Å². The molecule has 0 aliphatic heterocycles. The van der Waals surface area contributed by atoms with Gasteiger partial charge in [0.05, 0.1) is 6.54 Å². The first kappa shape index (κ1) is 18.2. The molecule has 3 aromatic rings. The Morgan fingerprint density at radius 3 is 2.19 bits per heavy atom. The summed E-state index contributed by atoms with van der Waals surface area (Å²) in [4.78, 5) is 14.6. The Morgan fingerprint density at radius 2 is 1.54 bits per heavy atom. The van der Waals surface area contributed by atoms with Crippen molar-refractivity contribution in [2.24, 2.45) is 0 Å². The molecule has 130 valence electrons. The van der Waals surface area contributed by atoms with Crippen molar-refractivity contribution >= 4 is 40.9 Å². The summed E-state index contributed by atoms with van der Waals surface area (Å²) in [5.41, 5.74) is 2.65. The number of nitrogens with zero attached hydrogens (tertiary/aromatic N) is 1. The number of anilines is 1. The Morgan fingerprint density at radius 1 is 0.885 bits per heavy atom. The van der Waals surface area contributed by atoms with Crippen LogP contribution in [0, 0.1) is 0 Å². The second-order valence-electron chi connectivity index (χ2n) is 5.74. The molecule has 3 aromatic carbocycles. The Bertz CT molecular complexity index is 908. The van der Waals surface area contributed by atoms with Gasteiger partial charge in [0, 0.05) is 21.8 Å². The molecule has 0 radical (unpaired) electrons. The number of hydrogen-bond acceptors (Lipinski definition) is 1. The average Bonchev–Trinajstić information content (AvgIpc) is 2.67. The van der Waals surface area contributed by atoms with E-state index in [1.807, 2.05) is 60.7 Å². The molecule has 0 spiro atoms. The van der Waals surface area contributed by atoms with Gasteiger partial charge in [0.1, 0.15) is 0 Å². The maximum Gasteiger partial charge on any atom is 0.251 e. The minimum absolute atomic E-state index is 0.119. The molecule has 0 bridgehead atoms. The third kappa shape index (κ3) is 4.75.